The predicted octanol–water partition coefficient (Wildman–Crippen LogP) is 2.45. The molecule has 1 fully saturated rings. The number of piperidine rings is 1. The molecule has 0 bridgehead atoms. The number of hydrogen-bond acceptors (Lipinski definition) is 4. The lowest BCUT2D eigenvalue weighted by molar-refractivity contribution is -0.138. The van der Waals surface area contributed by atoms with Crippen molar-refractivity contribution in [3.05, 3.63) is 29.3 Å². The minimum Gasteiger partial charge on any atom is -0.496 e. The van der Waals surface area contributed by atoms with Crippen molar-refractivity contribution in [1.82, 2.24) is 4.90 Å². The van der Waals surface area contributed by atoms with Gasteiger partial charge in [0.25, 0.3) is 0 Å². The molecule has 2 aliphatic rings. The molecule has 1 saturated heterocycles. The summed E-state index contributed by atoms with van der Waals surface area (Å²) in [5.74, 6) is 1.72. The molecule has 1 amide bonds. The van der Waals surface area contributed by atoms with Gasteiger partial charge < -0.3 is 14.4 Å². The second-order valence-electron chi connectivity index (χ2n) is 5.90. The maximum absolute atomic E-state index is 12.1. The normalized spacial score (nSPS) is 19.8. The van der Waals surface area contributed by atoms with Crippen molar-refractivity contribution in [2.45, 2.75) is 24.9 Å². The Morgan fingerprint density at radius 3 is 2.86 bits per heavy atom. The molecule has 0 aliphatic carbocycles. The Balaban J connectivity index is 1.84. The van der Waals surface area contributed by atoms with E-state index in [1.54, 1.807) is 18.9 Å². The molecule has 0 unspecified atom stereocenters. The minimum atomic E-state index is -0.281. The number of hydrogen-bond donors (Lipinski definition) is 0. The third-order valence-electron chi connectivity index (χ3n) is 4.73. The van der Waals surface area contributed by atoms with E-state index in [-0.39, 0.29) is 11.5 Å². The number of likely N-dealkylation sites (tertiary alicyclic amines) is 1. The molecule has 0 N–H and O–H groups in total. The van der Waals surface area contributed by atoms with Gasteiger partial charge in [-0.15, -0.1) is 0 Å². The summed E-state index contributed by atoms with van der Waals surface area (Å²) < 4.78 is 11.8. The van der Waals surface area contributed by atoms with Gasteiger partial charge >= 0.3 is 0 Å². The SMILES string of the molecule is COc1cccc2c1C1(CCN(C(=O)CSC)CC1)OCC2. The van der Waals surface area contributed by atoms with E-state index in [9.17, 15) is 4.79 Å². The van der Waals surface area contributed by atoms with Gasteiger partial charge in [-0.2, -0.15) is 11.8 Å². The van der Waals surface area contributed by atoms with E-state index in [0.29, 0.717) is 5.75 Å². The zero-order chi connectivity index (χ0) is 15.6. The van der Waals surface area contributed by atoms with Gasteiger partial charge in [-0.05, 0) is 37.1 Å². The fraction of sp³-hybridized carbons (Fsp3) is 0.588. The van der Waals surface area contributed by atoms with Gasteiger partial charge in [0.2, 0.25) is 5.91 Å². The zero-order valence-electron chi connectivity index (χ0n) is 13.3. The Morgan fingerprint density at radius 2 is 2.18 bits per heavy atom. The number of carbonyl (C=O) groups excluding carboxylic acids is 1. The minimum absolute atomic E-state index is 0.235. The first-order valence-electron chi connectivity index (χ1n) is 7.77. The van der Waals surface area contributed by atoms with Gasteiger partial charge in [0.15, 0.2) is 0 Å². The number of fused-ring (bicyclic) bond motifs is 2. The van der Waals surface area contributed by atoms with Crippen LogP contribution in [-0.4, -0.2) is 49.6 Å². The highest BCUT2D eigenvalue weighted by Gasteiger charge is 2.43. The number of benzene rings is 1. The van der Waals surface area contributed by atoms with E-state index in [0.717, 1.165) is 44.7 Å². The number of carbonyl (C=O) groups is 1. The summed E-state index contributed by atoms with van der Waals surface area (Å²) in [6.45, 7) is 2.27. The van der Waals surface area contributed by atoms with E-state index < -0.39 is 0 Å². The van der Waals surface area contributed by atoms with Crippen LogP contribution in [0.2, 0.25) is 0 Å². The predicted molar refractivity (Wildman–Crippen MR) is 88.5 cm³/mol. The summed E-state index contributed by atoms with van der Waals surface area (Å²) in [6, 6.07) is 6.24. The van der Waals surface area contributed by atoms with Crippen molar-refractivity contribution in [2.75, 3.05) is 38.8 Å². The number of methoxy groups -OCH3 is 1. The van der Waals surface area contributed by atoms with Gasteiger partial charge in [0, 0.05) is 18.7 Å². The maximum Gasteiger partial charge on any atom is 0.232 e. The molecule has 0 aromatic heterocycles. The molecule has 22 heavy (non-hydrogen) atoms. The fourth-order valence-corrected chi connectivity index (χ4v) is 4.06. The van der Waals surface area contributed by atoms with Crippen LogP contribution in [0.4, 0.5) is 0 Å². The Kier molecular flexibility index (Phi) is 4.64. The molecule has 4 nitrogen and oxygen atoms in total. The molecule has 0 saturated carbocycles. The summed E-state index contributed by atoms with van der Waals surface area (Å²) in [5.41, 5.74) is 2.26. The van der Waals surface area contributed by atoms with Gasteiger partial charge in [-0.1, -0.05) is 12.1 Å². The summed E-state index contributed by atoms with van der Waals surface area (Å²) in [5, 5.41) is 0. The topological polar surface area (TPSA) is 38.8 Å². The van der Waals surface area contributed by atoms with E-state index in [1.807, 2.05) is 23.3 Å². The van der Waals surface area contributed by atoms with Gasteiger partial charge in [0.05, 0.1) is 19.5 Å². The molecule has 2 aliphatic heterocycles. The third kappa shape index (κ3) is 2.72. The van der Waals surface area contributed by atoms with Crippen LogP contribution in [0.1, 0.15) is 24.0 Å². The number of nitrogens with zero attached hydrogens (tertiary/aromatic N) is 1. The van der Waals surface area contributed by atoms with Crippen LogP contribution in [0.15, 0.2) is 18.2 Å². The molecular formula is C17H23NO3S. The van der Waals surface area contributed by atoms with Crippen LogP contribution < -0.4 is 4.74 Å². The van der Waals surface area contributed by atoms with Crippen molar-refractivity contribution in [2.24, 2.45) is 0 Å². The fourth-order valence-electron chi connectivity index (χ4n) is 3.63. The van der Waals surface area contributed by atoms with E-state index >= 15 is 0 Å². The standard InChI is InChI=1S/C17H23NO3S/c1-20-14-5-3-4-13-6-11-21-17(16(13)14)7-9-18(10-8-17)15(19)12-22-2/h3-5H,6-12H2,1-2H3. The second-order valence-corrected chi connectivity index (χ2v) is 6.77. The van der Waals surface area contributed by atoms with Crippen molar-refractivity contribution >= 4 is 17.7 Å². The van der Waals surface area contributed by atoms with Crippen LogP contribution in [0.5, 0.6) is 5.75 Å². The average Bonchev–Trinajstić information content (AvgIpc) is 2.55. The third-order valence-corrected chi connectivity index (χ3v) is 5.27. The molecule has 0 atom stereocenters. The quantitative estimate of drug-likeness (QED) is 0.857. The summed E-state index contributed by atoms with van der Waals surface area (Å²) in [4.78, 5) is 14.0. The number of thioether (sulfide) groups is 1. The molecule has 2 heterocycles. The van der Waals surface area contributed by atoms with Crippen LogP contribution in [0.3, 0.4) is 0 Å². The number of ether oxygens (including phenoxy) is 2. The largest absolute Gasteiger partial charge is 0.496 e. The lowest BCUT2D eigenvalue weighted by atomic mass is 9.79. The zero-order valence-corrected chi connectivity index (χ0v) is 14.1. The van der Waals surface area contributed by atoms with Crippen LogP contribution >= 0.6 is 11.8 Å². The Bertz CT molecular complexity index is 539. The highest BCUT2D eigenvalue weighted by atomic mass is 32.2. The van der Waals surface area contributed by atoms with Crippen molar-refractivity contribution < 1.29 is 14.3 Å². The number of amides is 1. The van der Waals surface area contributed by atoms with Crippen molar-refractivity contribution in [3.63, 3.8) is 0 Å². The highest BCUT2D eigenvalue weighted by Crippen LogP contribution is 2.45. The first kappa shape index (κ1) is 15.7. The molecule has 1 aromatic rings. The van der Waals surface area contributed by atoms with Crippen LogP contribution in [-0.2, 0) is 21.6 Å². The molecule has 1 aromatic carbocycles. The molecular weight excluding hydrogens is 298 g/mol. The Labute approximate surface area is 136 Å². The van der Waals surface area contributed by atoms with Crippen molar-refractivity contribution in [1.29, 1.82) is 0 Å². The first-order chi connectivity index (χ1) is 10.7. The highest BCUT2D eigenvalue weighted by molar-refractivity contribution is 7.99. The number of rotatable bonds is 3. The van der Waals surface area contributed by atoms with Crippen LogP contribution in [0.25, 0.3) is 0 Å². The molecule has 5 heteroatoms. The summed E-state index contributed by atoms with van der Waals surface area (Å²) >= 11 is 1.58. The van der Waals surface area contributed by atoms with E-state index in [4.69, 9.17) is 9.47 Å². The lowest BCUT2D eigenvalue weighted by Crippen LogP contribution is -2.49. The Hall–Kier alpha value is -1.20. The maximum atomic E-state index is 12.1. The molecule has 120 valence electrons. The molecule has 0 radical (unpaired) electrons. The van der Waals surface area contributed by atoms with Crippen molar-refractivity contribution in [3.8, 4) is 5.75 Å². The van der Waals surface area contributed by atoms with E-state index in [2.05, 4.69) is 6.07 Å². The summed E-state index contributed by atoms with van der Waals surface area (Å²) in [7, 11) is 1.72. The molecule has 3 rings (SSSR count). The van der Waals surface area contributed by atoms with Gasteiger partial charge in [-0.25, -0.2) is 0 Å². The van der Waals surface area contributed by atoms with E-state index in [1.165, 1.54) is 11.1 Å². The first-order valence-corrected chi connectivity index (χ1v) is 9.16. The van der Waals surface area contributed by atoms with Gasteiger partial charge in [0.1, 0.15) is 11.4 Å². The second kappa shape index (κ2) is 6.50. The smallest absolute Gasteiger partial charge is 0.232 e. The van der Waals surface area contributed by atoms with Gasteiger partial charge in [-0.3, -0.25) is 4.79 Å². The monoisotopic (exact) mass is 321 g/mol. The van der Waals surface area contributed by atoms with Crippen LogP contribution in [0, 0.1) is 0 Å². The average molecular weight is 321 g/mol. The molecule has 1 spiro atoms. The lowest BCUT2D eigenvalue weighted by Gasteiger charge is -2.45. The summed E-state index contributed by atoms with van der Waals surface area (Å²) in [6.07, 6.45) is 4.60. The Morgan fingerprint density at radius 1 is 1.41 bits per heavy atom.